The Kier molecular flexibility index (Phi) is 9.19. The molecule has 1 aromatic carbocycles. The van der Waals surface area contributed by atoms with Gasteiger partial charge in [-0.15, -0.1) is 24.0 Å². The molecule has 2 heterocycles. The van der Waals surface area contributed by atoms with Crippen molar-refractivity contribution < 1.29 is 0 Å². The lowest BCUT2D eigenvalue weighted by Crippen LogP contribution is -2.37. The van der Waals surface area contributed by atoms with Crippen molar-refractivity contribution in [2.75, 3.05) is 13.1 Å². The fraction of sp³-hybridized carbons (Fsp3) is 0.381. The standard InChI is InChI=1S/C21H28N6.HI/c1-3-22-21(25-11-6-7-14-27-15-13-23-17(27)2)26-16-18-10-12-24-20-9-5-4-8-19(18)20;/h4-5,8-10,12-13,15H,3,6-7,11,14,16H2,1-2H3,(H2,22,25,26);1H. The summed E-state index contributed by atoms with van der Waals surface area (Å²) in [5.74, 6) is 1.93. The van der Waals surface area contributed by atoms with E-state index in [1.807, 2.05) is 49.8 Å². The van der Waals surface area contributed by atoms with Crippen molar-refractivity contribution in [3.8, 4) is 0 Å². The number of benzene rings is 1. The van der Waals surface area contributed by atoms with Gasteiger partial charge >= 0.3 is 0 Å². The molecule has 0 fully saturated rings. The van der Waals surface area contributed by atoms with Crippen molar-refractivity contribution in [2.24, 2.45) is 4.99 Å². The summed E-state index contributed by atoms with van der Waals surface area (Å²) in [5.41, 5.74) is 2.20. The summed E-state index contributed by atoms with van der Waals surface area (Å²) in [5, 5.41) is 7.92. The second kappa shape index (κ2) is 11.6. The number of guanidine groups is 1. The van der Waals surface area contributed by atoms with Crippen LogP contribution in [0.2, 0.25) is 0 Å². The van der Waals surface area contributed by atoms with Gasteiger partial charge < -0.3 is 15.2 Å². The Bertz CT molecular complexity index is 884. The van der Waals surface area contributed by atoms with E-state index < -0.39 is 0 Å². The average Bonchev–Trinajstić information content (AvgIpc) is 3.10. The molecule has 0 spiro atoms. The summed E-state index contributed by atoms with van der Waals surface area (Å²) >= 11 is 0. The van der Waals surface area contributed by atoms with E-state index in [9.17, 15) is 0 Å². The first-order chi connectivity index (χ1) is 13.3. The molecule has 3 rings (SSSR count). The highest BCUT2D eigenvalue weighted by molar-refractivity contribution is 14.0. The molecule has 0 aliphatic carbocycles. The molecule has 0 saturated carbocycles. The number of imidazole rings is 1. The van der Waals surface area contributed by atoms with Crippen LogP contribution in [0.25, 0.3) is 10.9 Å². The Morgan fingerprint density at radius 3 is 2.71 bits per heavy atom. The minimum absolute atomic E-state index is 0. The zero-order valence-electron chi connectivity index (χ0n) is 16.6. The highest BCUT2D eigenvalue weighted by atomic mass is 127. The van der Waals surface area contributed by atoms with Crippen LogP contribution in [0, 0.1) is 6.92 Å². The lowest BCUT2D eigenvalue weighted by molar-refractivity contribution is 0.588. The molecule has 0 aliphatic rings. The molecular formula is C21H29IN6. The number of fused-ring (bicyclic) bond motifs is 1. The smallest absolute Gasteiger partial charge is 0.191 e. The number of aryl methyl sites for hydroxylation is 2. The van der Waals surface area contributed by atoms with E-state index >= 15 is 0 Å². The monoisotopic (exact) mass is 492 g/mol. The van der Waals surface area contributed by atoms with E-state index in [0.717, 1.165) is 55.2 Å². The largest absolute Gasteiger partial charge is 0.357 e. The van der Waals surface area contributed by atoms with Crippen LogP contribution in [0.3, 0.4) is 0 Å². The van der Waals surface area contributed by atoms with Gasteiger partial charge in [0.25, 0.3) is 0 Å². The lowest BCUT2D eigenvalue weighted by Gasteiger charge is -2.12. The molecular weight excluding hydrogens is 463 g/mol. The molecule has 0 amide bonds. The predicted octanol–water partition coefficient (Wildman–Crippen LogP) is 3.89. The van der Waals surface area contributed by atoms with Crippen molar-refractivity contribution in [3.05, 3.63) is 60.3 Å². The summed E-state index contributed by atoms with van der Waals surface area (Å²) in [6.07, 6.45) is 7.93. The number of aromatic nitrogens is 3. The maximum atomic E-state index is 4.75. The molecule has 150 valence electrons. The average molecular weight is 492 g/mol. The first-order valence-electron chi connectivity index (χ1n) is 9.60. The van der Waals surface area contributed by atoms with Crippen LogP contribution in [0.5, 0.6) is 0 Å². The van der Waals surface area contributed by atoms with Gasteiger partial charge in [-0.05, 0) is 44.4 Å². The minimum atomic E-state index is 0. The van der Waals surface area contributed by atoms with E-state index in [1.54, 1.807) is 0 Å². The van der Waals surface area contributed by atoms with Gasteiger partial charge in [0, 0.05) is 43.6 Å². The second-order valence-electron chi connectivity index (χ2n) is 6.48. The molecule has 2 N–H and O–H groups in total. The number of nitrogens with zero attached hydrogens (tertiary/aromatic N) is 4. The summed E-state index contributed by atoms with van der Waals surface area (Å²) in [7, 11) is 0. The third-order valence-corrected chi connectivity index (χ3v) is 4.53. The van der Waals surface area contributed by atoms with Gasteiger partial charge in [0.1, 0.15) is 5.82 Å². The van der Waals surface area contributed by atoms with Gasteiger partial charge in [0.05, 0.1) is 12.1 Å². The maximum absolute atomic E-state index is 4.75. The molecule has 6 nitrogen and oxygen atoms in total. The predicted molar refractivity (Wildman–Crippen MR) is 126 cm³/mol. The van der Waals surface area contributed by atoms with Gasteiger partial charge in [0.2, 0.25) is 0 Å². The maximum Gasteiger partial charge on any atom is 0.191 e. The zero-order valence-corrected chi connectivity index (χ0v) is 18.9. The molecule has 2 aromatic heterocycles. The zero-order chi connectivity index (χ0) is 18.9. The molecule has 0 saturated heterocycles. The molecule has 0 aliphatic heterocycles. The van der Waals surface area contributed by atoms with Crippen LogP contribution in [0.4, 0.5) is 0 Å². The van der Waals surface area contributed by atoms with Crippen molar-refractivity contribution in [1.29, 1.82) is 0 Å². The van der Waals surface area contributed by atoms with Crippen LogP contribution < -0.4 is 10.6 Å². The number of pyridine rings is 1. The molecule has 0 atom stereocenters. The van der Waals surface area contributed by atoms with Crippen LogP contribution in [0.1, 0.15) is 31.2 Å². The van der Waals surface area contributed by atoms with Crippen LogP contribution >= 0.6 is 24.0 Å². The number of hydrogen-bond donors (Lipinski definition) is 2. The van der Waals surface area contributed by atoms with E-state index in [2.05, 4.69) is 38.2 Å². The minimum Gasteiger partial charge on any atom is -0.357 e. The topological polar surface area (TPSA) is 67.1 Å². The van der Waals surface area contributed by atoms with Crippen molar-refractivity contribution in [2.45, 2.75) is 39.8 Å². The van der Waals surface area contributed by atoms with E-state index in [1.165, 1.54) is 5.56 Å². The number of hydrogen-bond acceptors (Lipinski definition) is 3. The van der Waals surface area contributed by atoms with Crippen molar-refractivity contribution >= 4 is 40.8 Å². The van der Waals surface area contributed by atoms with Gasteiger partial charge in [-0.25, -0.2) is 9.98 Å². The summed E-state index contributed by atoms with van der Waals surface area (Å²) in [6, 6.07) is 10.2. The summed E-state index contributed by atoms with van der Waals surface area (Å²) in [6.45, 7) is 7.50. The number of nitrogens with one attached hydrogen (secondary N) is 2. The fourth-order valence-corrected chi connectivity index (χ4v) is 3.05. The van der Waals surface area contributed by atoms with Gasteiger partial charge in [-0.1, -0.05) is 18.2 Å². The van der Waals surface area contributed by atoms with Gasteiger partial charge in [0.15, 0.2) is 5.96 Å². The molecule has 0 radical (unpaired) electrons. The third kappa shape index (κ3) is 6.19. The number of rotatable bonds is 8. The highest BCUT2D eigenvalue weighted by Gasteiger charge is 2.02. The highest BCUT2D eigenvalue weighted by Crippen LogP contribution is 2.16. The van der Waals surface area contributed by atoms with E-state index in [4.69, 9.17) is 4.99 Å². The Balaban J connectivity index is 0.00000280. The summed E-state index contributed by atoms with van der Waals surface area (Å²) < 4.78 is 2.19. The molecule has 28 heavy (non-hydrogen) atoms. The summed E-state index contributed by atoms with van der Waals surface area (Å²) in [4.78, 5) is 13.4. The molecule has 0 bridgehead atoms. The number of aliphatic imine (C=N–C) groups is 1. The Morgan fingerprint density at radius 2 is 1.93 bits per heavy atom. The molecule has 0 unspecified atom stereocenters. The number of halogens is 1. The van der Waals surface area contributed by atoms with Gasteiger partial charge in [-0.2, -0.15) is 0 Å². The Hall–Kier alpha value is -2.16. The Morgan fingerprint density at radius 1 is 1.07 bits per heavy atom. The fourth-order valence-electron chi connectivity index (χ4n) is 3.05. The van der Waals surface area contributed by atoms with Crippen LogP contribution in [0.15, 0.2) is 53.9 Å². The van der Waals surface area contributed by atoms with Gasteiger partial charge in [-0.3, -0.25) is 4.98 Å². The van der Waals surface area contributed by atoms with Crippen molar-refractivity contribution in [3.63, 3.8) is 0 Å². The second-order valence-corrected chi connectivity index (χ2v) is 6.48. The van der Waals surface area contributed by atoms with Crippen LogP contribution in [-0.2, 0) is 13.1 Å². The molecule has 7 heteroatoms. The quantitative estimate of drug-likeness (QED) is 0.217. The lowest BCUT2D eigenvalue weighted by atomic mass is 10.1. The first kappa shape index (κ1) is 22.1. The van der Waals surface area contributed by atoms with E-state index in [-0.39, 0.29) is 24.0 Å². The molecule has 3 aromatic rings. The SMILES string of the molecule is CCNC(=NCc1ccnc2ccccc12)NCCCCn1ccnc1C.I. The Labute approximate surface area is 183 Å². The van der Waals surface area contributed by atoms with Crippen LogP contribution in [-0.4, -0.2) is 33.6 Å². The van der Waals surface area contributed by atoms with Crippen molar-refractivity contribution in [1.82, 2.24) is 25.2 Å². The third-order valence-electron chi connectivity index (χ3n) is 4.53. The normalized spacial score (nSPS) is 11.3. The first-order valence-corrected chi connectivity index (χ1v) is 9.60. The van der Waals surface area contributed by atoms with E-state index in [0.29, 0.717) is 6.54 Å². The number of para-hydroxylation sites is 1. The number of unbranched alkanes of at least 4 members (excludes halogenated alkanes) is 1.